The van der Waals surface area contributed by atoms with Crippen LogP contribution in [0.3, 0.4) is 0 Å². The summed E-state index contributed by atoms with van der Waals surface area (Å²) in [5.41, 5.74) is 0.951. The Morgan fingerprint density at radius 1 is 1.19 bits per heavy atom. The van der Waals surface area contributed by atoms with E-state index in [2.05, 4.69) is 4.98 Å². The molecule has 1 aromatic carbocycles. The fourth-order valence-corrected chi connectivity index (χ4v) is 3.60. The van der Waals surface area contributed by atoms with Gasteiger partial charge in [-0.1, -0.05) is 19.3 Å². The quantitative estimate of drug-likeness (QED) is 0.710. The van der Waals surface area contributed by atoms with E-state index in [0.717, 1.165) is 10.2 Å². The zero-order chi connectivity index (χ0) is 11.0. The molecule has 0 bridgehead atoms. The van der Waals surface area contributed by atoms with Crippen molar-refractivity contribution in [1.29, 1.82) is 0 Å². The van der Waals surface area contributed by atoms with E-state index in [1.807, 2.05) is 0 Å². The van der Waals surface area contributed by atoms with Gasteiger partial charge in [-0.25, -0.2) is 9.37 Å². The Kier molecular flexibility index (Phi) is 2.64. The summed E-state index contributed by atoms with van der Waals surface area (Å²) in [7, 11) is 0. The van der Waals surface area contributed by atoms with Crippen molar-refractivity contribution in [2.75, 3.05) is 0 Å². The lowest BCUT2D eigenvalue weighted by Gasteiger charge is -2.18. The van der Waals surface area contributed by atoms with Crippen LogP contribution in [-0.2, 0) is 0 Å². The second-order valence-electron chi connectivity index (χ2n) is 4.50. The average Bonchev–Trinajstić information content (AvgIpc) is 2.73. The molecule has 1 aromatic heterocycles. The van der Waals surface area contributed by atoms with Crippen LogP contribution in [0.1, 0.15) is 43.0 Å². The monoisotopic (exact) mass is 235 g/mol. The zero-order valence-corrected chi connectivity index (χ0v) is 9.89. The van der Waals surface area contributed by atoms with Crippen LogP contribution >= 0.6 is 11.3 Å². The van der Waals surface area contributed by atoms with Gasteiger partial charge in [-0.05, 0) is 31.0 Å². The van der Waals surface area contributed by atoms with Crippen molar-refractivity contribution in [2.45, 2.75) is 38.0 Å². The Balaban J connectivity index is 1.97. The highest BCUT2D eigenvalue weighted by Gasteiger charge is 2.19. The van der Waals surface area contributed by atoms with Crippen LogP contribution in [-0.4, -0.2) is 4.98 Å². The third-order valence-electron chi connectivity index (χ3n) is 3.32. The molecule has 0 aliphatic heterocycles. The van der Waals surface area contributed by atoms with Crippen LogP contribution in [0.15, 0.2) is 18.2 Å². The molecule has 1 saturated carbocycles. The number of nitrogens with zero attached hydrogens (tertiary/aromatic N) is 1. The van der Waals surface area contributed by atoms with Gasteiger partial charge in [0.15, 0.2) is 0 Å². The van der Waals surface area contributed by atoms with Gasteiger partial charge in [0, 0.05) is 5.92 Å². The lowest BCUT2D eigenvalue weighted by molar-refractivity contribution is 0.443. The second-order valence-corrected chi connectivity index (χ2v) is 5.56. The first-order valence-corrected chi connectivity index (χ1v) is 6.70. The fraction of sp³-hybridized carbons (Fsp3) is 0.462. The second kappa shape index (κ2) is 4.13. The van der Waals surface area contributed by atoms with E-state index >= 15 is 0 Å². The molecule has 0 radical (unpaired) electrons. The van der Waals surface area contributed by atoms with Crippen molar-refractivity contribution in [3.05, 3.63) is 29.0 Å². The Hall–Kier alpha value is -0.960. The molecule has 2 aromatic rings. The summed E-state index contributed by atoms with van der Waals surface area (Å²) < 4.78 is 14.1. The maximum atomic E-state index is 13.1. The van der Waals surface area contributed by atoms with Crippen LogP contribution < -0.4 is 0 Å². The van der Waals surface area contributed by atoms with Gasteiger partial charge in [-0.2, -0.15) is 0 Å². The largest absolute Gasteiger partial charge is 0.241 e. The zero-order valence-electron chi connectivity index (χ0n) is 9.08. The number of hydrogen-bond acceptors (Lipinski definition) is 2. The molecule has 1 fully saturated rings. The highest BCUT2D eigenvalue weighted by molar-refractivity contribution is 7.18. The first kappa shape index (κ1) is 10.2. The van der Waals surface area contributed by atoms with E-state index in [1.54, 1.807) is 23.5 Å². The minimum Gasteiger partial charge on any atom is -0.241 e. The molecule has 84 valence electrons. The summed E-state index contributed by atoms with van der Waals surface area (Å²) in [6, 6.07) is 4.87. The van der Waals surface area contributed by atoms with Crippen molar-refractivity contribution < 1.29 is 4.39 Å². The Bertz CT molecular complexity index is 500. The molecule has 0 spiro atoms. The van der Waals surface area contributed by atoms with Gasteiger partial charge in [-0.15, -0.1) is 11.3 Å². The summed E-state index contributed by atoms with van der Waals surface area (Å²) in [6.45, 7) is 0. The van der Waals surface area contributed by atoms with Gasteiger partial charge in [-0.3, -0.25) is 0 Å². The number of hydrogen-bond donors (Lipinski definition) is 0. The molecule has 1 aliphatic carbocycles. The standard InChI is InChI=1S/C13H14FNS/c14-10-6-7-11-12(8-10)16-13(15-11)9-4-2-1-3-5-9/h6-9H,1-5H2. The van der Waals surface area contributed by atoms with Crippen LogP contribution in [0.5, 0.6) is 0 Å². The lowest BCUT2D eigenvalue weighted by Crippen LogP contribution is -2.03. The van der Waals surface area contributed by atoms with Crippen LogP contribution in [0.25, 0.3) is 10.2 Å². The first-order chi connectivity index (χ1) is 7.83. The third kappa shape index (κ3) is 1.84. The Labute approximate surface area is 98.3 Å². The van der Waals surface area contributed by atoms with E-state index in [4.69, 9.17) is 0 Å². The van der Waals surface area contributed by atoms with Gasteiger partial charge >= 0.3 is 0 Å². The minimum atomic E-state index is -0.161. The number of halogens is 1. The van der Waals surface area contributed by atoms with E-state index in [1.165, 1.54) is 43.2 Å². The molecule has 0 unspecified atom stereocenters. The SMILES string of the molecule is Fc1ccc2nc(C3CCCCC3)sc2c1. The third-order valence-corrected chi connectivity index (χ3v) is 4.50. The van der Waals surface area contributed by atoms with Gasteiger partial charge in [0.05, 0.1) is 15.2 Å². The van der Waals surface area contributed by atoms with Gasteiger partial charge in [0.2, 0.25) is 0 Å². The molecule has 0 N–H and O–H groups in total. The molecule has 16 heavy (non-hydrogen) atoms. The van der Waals surface area contributed by atoms with Gasteiger partial charge in [0.25, 0.3) is 0 Å². The molecule has 1 nitrogen and oxygen atoms in total. The van der Waals surface area contributed by atoms with E-state index in [0.29, 0.717) is 5.92 Å². The first-order valence-electron chi connectivity index (χ1n) is 5.89. The average molecular weight is 235 g/mol. The van der Waals surface area contributed by atoms with E-state index in [-0.39, 0.29) is 5.82 Å². The van der Waals surface area contributed by atoms with Gasteiger partial charge < -0.3 is 0 Å². The molecule has 0 saturated heterocycles. The minimum absolute atomic E-state index is 0.161. The smallest absolute Gasteiger partial charge is 0.124 e. The molecule has 0 amide bonds. The molecule has 1 aliphatic rings. The highest BCUT2D eigenvalue weighted by Crippen LogP contribution is 2.36. The van der Waals surface area contributed by atoms with Crippen LogP contribution in [0.4, 0.5) is 4.39 Å². The molecule has 1 heterocycles. The van der Waals surface area contributed by atoms with Crippen molar-refractivity contribution >= 4 is 21.6 Å². The van der Waals surface area contributed by atoms with Crippen LogP contribution in [0, 0.1) is 5.82 Å². The summed E-state index contributed by atoms with van der Waals surface area (Å²) in [4.78, 5) is 4.63. The normalized spacial score (nSPS) is 18.1. The van der Waals surface area contributed by atoms with E-state index in [9.17, 15) is 4.39 Å². The Morgan fingerprint density at radius 3 is 2.81 bits per heavy atom. The van der Waals surface area contributed by atoms with Crippen molar-refractivity contribution in [3.8, 4) is 0 Å². The van der Waals surface area contributed by atoms with E-state index < -0.39 is 0 Å². The summed E-state index contributed by atoms with van der Waals surface area (Å²) in [6.07, 6.45) is 6.49. The summed E-state index contributed by atoms with van der Waals surface area (Å²) in [5.74, 6) is 0.459. The summed E-state index contributed by atoms with van der Waals surface area (Å²) in [5, 5.41) is 1.21. The molecule has 3 heteroatoms. The molecular weight excluding hydrogens is 221 g/mol. The number of benzene rings is 1. The molecule has 3 rings (SSSR count). The fourth-order valence-electron chi connectivity index (χ4n) is 2.44. The Morgan fingerprint density at radius 2 is 2.00 bits per heavy atom. The molecule has 0 atom stereocenters. The maximum Gasteiger partial charge on any atom is 0.124 e. The van der Waals surface area contributed by atoms with Gasteiger partial charge in [0.1, 0.15) is 5.82 Å². The van der Waals surface area contributed by atoms with Crippen molar-refractivity contribution in [2.24, 2.45) is 0 Å². The summed E-state index contributed by atoms with van der Waals surface area (Å²) >= 11 is 1.67. The predicted molar refractivity (Wildman–Crippen MR) is 65.4 cm³/mol. The number of thiazole rings is 1. The number of fused-ring (bicyclic) bond motifs is 1. The maximum absolute atomic E-state index is 13.1. The van der Waals surface area contributed by atoms with Crippen molar-refractivity contribution in [3.63, 3.8) is 0 Å². The van der Waals surface area contributed by atoms with Crippen LogP contribution in [0.2, 0.25) is 0 Å². The topological polar surface area (TPSA) is 12.9 Å². The predicted octanol–water partition coefficient (Wildman–Crippen LogP) is 4.48. The highest BCUT2D eigenvalue weighted by atomic mass is 32.1. The molecular formula is C13H14FNS. The number of rotatable bonds is 1. The lowest BCUT2D eigenvalue weighted by atomic mass is 9.90. The number of aromatic nitrogens is 1. The van der Waals surface area contributed by atoms with Crippen molar-refractivity contribution in [1.82, 2.24) is 4.98 Å².